The van der Waals surface area contributed by atoms with Gasteiger partial charge in [-0.2, -0.15) is 4.31 Å². The number of aryl methyl sites for hydroxylation is 2. The number of piperidine rings is 1. The lowest BCUT2D eigenvalue weighted by Gasteiger charge is -2.39. The van der Waals surface area contributed by atoms with Crippen LogP contribution in [0.4, 0.5) is 0 Å². The van der Waals surface area contributed by atoms with Crippen molar-refractivity contribution in [1.29, 1.82) is 0 Å². The summed E-state index contributed by atoms with van der Waals surface area (Å²) in [6, 6.07) is 0. The first-order chi connectivity index (χ1) is 10.7. The maximum Gasteiger partial charge on any atom is 0.312 e. The zero-order valence-electron chi connectivity index (χ0n) is 13.4. The summed E-state index contributed by atoms with van der Waals surface area (Å²) >= 11 is 0. The molecule has 0 aliphatic carbocycles. The van der Waals surface area contributed by atoms with Crippen molar-refractivity contribution in [1.82, 2.24) is 14.4 Å². The lowest BCUT2D eigenvalue weighted by Crippen LogP contribution is -2.52. The Morgan fingerprint density at radius 3 is 2.65 bits per heavy atom. The summed E-state index contributed by atoms with van der Waals surface area (Å²) in [4.78, 5) is 13.9. The highest BCUT2D eigenvalue weighted by atomic mass is 32.2. The summed E-state index contributed by atoms with van der Waals surface area (Å²) < 4.78 is 32.2. The van der Waals surface area contributed by atoms with E-state index in [2.05, 4.69) is 5.16 Å². The van der Waals surface area contributed by atoms with Crippen molar-refractivity contribution in [2.75, 3.05) is 33.2 Å². The number of carboxylic acid groups (broad SMARTS) is 1. The van der Waals surface area contributed by atoms with Crippen molar-refractivity contribution in [2.24, 2.45) is 11.3 Å². The molecule has 0 radical (unpaired) electrons. The predicted octanol–water partition coefficient (Wildman–Crippen LogP) is 0.318. The van der Waals surface area contributed by atoms with E-state index in [0.717, 1.165) is 6.54 Å². The van der Waals surface area contributed by atoms with Gasteiger partial charge in [0.25, 0.3) is 0 Å². The predicted molar refractivity (Wildman–Crippen MR) is 80.4 cm³/mol. The maximum absolute atomic E-state index is 12.9. The van der Waals surface area contributed by atoms with Crippen LogP contribution < -0.4 is 0 Å². The molecule has 2 atom stereocenters. The minimum Gasteiger partial charge on any atom is -0.481 e. The number of aliphatic carboxylic acids is 1. The third kappa shape index (κ3) is 2.38. The second-order valence-corrected chi connectivity index (χ2v) is 8.51. The van der Waals surface area contributed by atoms with Crippen LogP contribution in [0.15, 0.2) is 9.42 Å². The quantitative estimate of drug-likeness (QED) is 0.842. The Balaban J connectivity index is 1.99. The summed E-state index contributed by atoms with van der Waals surface area (Å²) in [5, 5.41) is 13.5. The molecule has 9 heteroatoms. The topological polar surface area (TPSA) is 104 Å². The first-order valence-corrected chi connectivity index (χ1v) is 8.97. The molecule has 0 amide bonds. The third-order valence-electron chi connectivity index (χ3n) is 5.07. The second-order valence-electron chi connectivity index (χ2n) is 6.64. The first-order valence-electron chi connectivity index (χ1n) is 7.53. The molecular formula is C14H21N3O5S. The molecule has 8 nitrogen and oxygen atoms in total. The molecule has 3 rings (SSSR count). The highest BCUT2D eigenvalue weighted by molar-refractivity contribution is 7.89. The summed E-state index contributed by atoms with van der Waals surface area (Å²) in [7, 11) is -1.94. The van der Waals surface area contributed by atoms with Crippen molar-refractivity contribution < 1.29 is 22.8 Å². The zero-order valence-corrected chi connectivity index (χ0v) is 14.3. The molecule has 0 saturated carbocycles. The molecule has 3 heterocycles. The standard InChI is InChI=1S/C14H21N3O5S/c1-9-12(10(2)22-15-9)23(20,21)17-6-11-4-5-16(3)7-14(11,8-17)13(18)19/h11H,4-8H2,1-3H3,(H,18,19)/t11-,14-/m0/s1. The molecule has 2 saturated heterocycles. The normalized spacial score (nSPS) is 29.6. The fraction of sp³-hybridized carbons (Fsp3) is 0.714. The summed E-state index contributed by atoms with van der Waals surface area (Å²) in [6.45, 7) is 4.49. The summed E-state index contributed by atoms with van der Waals surface area (Å²) in [5.41, 5.74) is -0.738. The Morgan fingerprint density at radius 1 is 1.39 bits per heavy atom. The van der Waals surface area contributed by atoms with Gasteiger partial charge in [-0.3, -0.25) is 4.79 Å². The zero-order chi connectivity index (χ0) is 17.0. The molecule has 2 aliphatic heterocycles. The van der Waals surface area contributed by atoms with Gasteiger partial charge in [-0.05, 0) is 39.8 Å². The van der Waals surface area contributed by atoms with Gasteiger partial charge in [0.15, 0.2) is 5.76 Å². The lowest BCUT2D eigenvalue weighted by atomic mass is 9.73. The van der Waals surface area contributed by atoms with Gasteiger partial charge < -0.3 is 14.5 Å². The molecule has 23 heavy (non-hydrogen) atoms. The number of nitrogens with zero attached hydrogens (tertiary/aromatic N) is 3. The van der Waals surface area contributed by atoms with Crippen molar-refractivity contribution in [3.05, 3.63) is 11.5 Å². The summed E-state index contributed by atoms with van der Waals surface area (Å²) in [5.74, 6) is -0.865. The van der Waals surface area contributed by atoms with E-state index in [4.69, 9.17) is 4.52 Å². The number of rotatable bonds is 3. The van der Waals surface area contributed by atoms with E-state index in [1.165, 1.54) is 4.31 Å². The molecule has 1 aromatic rings. The fourth-order valence-corrected chi connectivity index (χ4v) is 5.72. The number of hydrogen-bond acceptors (Lipinski definition) is 6. The van der Waals surface area contributed by atoms with E-state index in [9.17, 15) is 18.3 Å². The molecule has 1 aromatic heterocycles. The Bertz CT molecular complexity index is 724. The van der Waals surface area contributed by atoms with E-state index in [1.807, 2.05) is 11.9 Å². The molecule has 0 unspecified atom stereocenters. The van der Waals surface area contributed by atoms with Gasteiger partial charge in [0.2, 0.25) is 10.0 Å². The highest BCUT2D eigenvalue weighted by Gasteiger charge is 2.57. The van der Waals surface area contributed by atoms with Gasteiger partial charge in [0.05, 0.1) is 5.41 Å². The van der Waals surface area contributed by atoms with E-state index < -0.39 is 21.4 Å². The molecular weight excluding hydrogens is 322 g/mol. The van der Waals surface area contributed by atoms with E-state index >= 15 is 0 Å². The molecule has 0 aromatic carbocycles. The Labute approximate surface area is 135 Å². The molecule has 0 spiro atoms. The minimum absolute atomic E-state index is 0.0102. The average molecular weight is 343 g/mol. The monoisotopic (exact) mass is 343 g/mol. The second kappa shape index (κ2) is 5.29. The smallest absolute Gasteiger partial charge is 0.312 e. The van der Waals surface area contributed by atoms with Gasteiger partial charge in [-0.25, -0.2) is 8.42 Å². The number of likely N-dealkylation sites (tertiary alicyclic amines) is 1. The first kappa shape index (κ1) is 16.4. The average Bonchev–Trinajstić information content (AvgIpc) is 3.00. The van der Waals surface area contributed by atoms with Crippen LogP contribution in [0.1, 0.15) is 17.9 Å². The van der Waals surface area contributed by atoms with Crippen LogP contribution in [0.3, 0.4) is 0 Å². The third-order valence-corrected chi connectivity index (χ3v) is 7.12. The molecule has 128 valence electrons. The SMILES string of the molecule is Cc1noc(C)c1S(=O)(=O)N1C[C@@H]2CCN(C)C[C@]2(C(=O)O)C1. The van der Waals surface area contributed by atoms with E-state index in [0.29, 0.717) is 18.7 Å². The maximum atomic E-state index is 12.9. The molecule has 1 N–H and O–H groups in total. The van der Waals surface area contributed by atoms with Crippen LogP contribution in [-0.2, 0) is 14.8 Å². The van der Waals surface area contributed by atoms with Crippen LogP contribution in [0, 0.1) is 25.2 Å². The summed E-state index contributed by atoms with van der Waals surface area (Å²) in [6.07, 6.45) is 0.677. The number of carbonyl (C=O) groups is 1. The minimum atomic E-state index is -3.81. The van der Waals surface area contributed by atoms with Gasteiger partial charge >= 0.3 is 5.97 Å². The number of aromatic nitrogens is 1. The Hall–Kier alpha value is -1.45. The van der Waals surface area contributed by atoms with Crippen molar-refractivity contribution in [3.8, 4) is 0 Å². The van der Waals surface area contributed by atoms with Gasteiger partial charge in [0.1, 0.15) is 10.6 Å². The van der Waals surface area contributed by atoms with Gasteiger partial charge in [-0.1, -0.05) is 5.16 Å². The highest BCUT2D eigenvalue weighted by Crippen LogP contribution is 2.44. The fourth-order valence-electron chi connectivity index (χ4n) is 3.88. The Morgan fingerprint density at radius 2 is 2.09 bits per heavy atom. The van der Waals surface area contributed by atoms with Crippen LogP contribution in [-0.4, -0.2) is 67.1 Å². The van der Waals surface area contributed by atoms with Crippen molar-refractivity contribution in [3.63, 3.8) is 0 Å². The van der Waals surface area contributed by atoms with E-state index in [-0.39, 0.29) is 29.7 Å². The van der Waals surface area contributed by atoms with Gasteiger partial charge in [-0.15, -0.1) is 0 Å². The van der Waals surface area contributed by atoms with Crippen LogP contribution in [0.2, 0.25) is 0 Å². The number of carboxylic acids is 1. The largest absolute Gasteiger partial charge is 0.481 e. The lowest BCUT2D eigenvalue weighted by molar-refractivity contribution is -0.153. The number of sulfonamides is 1. The van der Waals surface area contributed by atoms with Crippen LogP contribution in [0.25, 0.3) is 0 Å². The number of hydrogen-bond donors (Lipinski definition) is 1. The van der Waals surface area contributed by atoms with Crippen molar-refractivity contribution >= 4 is 16.0 Å². The number of fused-ring (bicyclic) bond motifs is 1. The van der Waals surface area contributed by atoms with Crippen LogP contribution in [0.5, 0.6) is 0 Å². The molecule has 2 aliphatic rings. The van der Waals surface area contributed by atoms with E-state index in [1.54, 1.807) is 13.8 Å². The van der Waals surface area contributed by atoms with Crippen LogP contribution >= 0.6 is 0 Å². The Kier molecular flexibility index (Phi) is 3.77. The van der Waals surface area contributed by atoms with Crippen molar-refractivity contribution in [2.45, 2.75) is 25.2 Å². The molecule has 0 bridgehead atoms. The van der Waals surface area contributed by atoms with Gasteiger partial charge in [0, 0.05) is 19.6 Å². The molecule has 2 fully saturated rings.